The van der Waals surface area contributed by atoms with E-state index in [4.69, 9.17) is 4.74 Å². The molecule has 1 aliphatic heterocycles. The molecule has 0 bridgehead atoms. The van der Waals surface area contributed by atoms with Crippen molar-refractivity contribution in [3.63, 3.8) is 0 Å². The van der Waals surface area contributed by atoms with E-state index in [-0.39, 0.29) is 11.3 Å². The van der Waals surface area contributed by atoms with Gasteiger partial charge in [0.2, 0.25) is 5.91 Å². The van der Waals surface area contributed by atoms with E-state index in [0.717, 1.165) is 24.8 Å². The van der Waals surface area contributed by atoms with E-state index in [1.165, 1.54) is 0 Å². The van der Waals surface area contributed by atoms with Crippen LogP contribution in [0.5, 0.6) is 0 Å². The molecule has 1 heterocycles. The second-order valence-corrected chi connectivity index (χ2v) is 7.11. The van der Waals surface area contributed by atoms with Crippen LogP contribution in [0.3, 0.4) is 0 Å². The number of carbonyl (C=O) groups excluding carboxylic acids is 1. The number of hydrogen-bond donors (Lipinski definition) is 1. The minimum Gasteiger partial charge on any atom is -0.481 e. The van der Waals surface area contributed by atoms with Crippen LogP contribution < -0.4 is 0 Å². The fourth-order valence-electron chi connectivity index (χ4n) is 4.11. The molecule has 1 saturated heterocycles. The molecule has 1 amide bonds. The van der Waals surface area contributed by atoms with E-state index < -0.39 is 11.4 Å². The number of aliphatic carboxylic acids is 1. The molecule has 2 aliphatic rings. The molecule has 0 unspecified atom stereocenters. The third-order valence-electron chi connectivity index (χ3n) is 5.82. The standard InChI is InChI=1S/C19H25NO4/c1-24-14-18(8-5-9-18)16(21)20-12-10-19(11-13-20,17(22)23)15-6-3-2-4-7-15/h2-4,6-7H,5,8-14H2,1H3,(H,22,23). The van der Waals surface area contributed by atoms with Crippen molar-refractivity contribution in [3.05, 3.63) is 35.9 Å². The summed E-state index contributed by atoms with van der Waals surface area (Å²) in [5.41, 5.74) is -0.420. The Hall–Kier alpha value is -1.88. The van der Waals surface area contributed by atoms with Gasteiger partial charge in [0.1, 0.15) is 0 Å². The first kappa shape index (κ1) is 17.0. The fraction of sp³-hybridized carbons (Fsp3) is 0.579. The molecule has 1 aromatic rings. The van der Waals surface area contributed by atoms with E-state index in [9.17, 15) is 14.7 Å². The average Bonchev–Trinajstić information content (AvgIpc) is 2.58. The number of carboxylic acids is 1. The third-order valence-corrected chi connectivity index (χ3v) is 5.82. The first-order chi connectivity index (χ1) is 11.5. The Morgan fingerprint density at radius 2 is 1.75 bits per heavy atom. The van der Waals surface area contributed by atoms with Gasteiger partial charge in [-0.1, -0.05) is 36.8 Å². The van der Waals surface area contributed by atoms with Crippen LogP contribution in [0.25, 0.3) is 0 Å². The van der Waals surface area contributed by atoms with Gasteiger partial charge in [0.15, 0.2) is 0 Å². The lowest BCUT2D eigenvalue weighted by Gasteiger charge is -2.46. The van der Waals surface area contributed by atoms with Gasteiger partial charge in [0, 0.05) is 20.2 Å². The molecule has 5 heteroatoms. The van der Waals surface area contributed by atoms with Crippen molar-refractivity contribution < 1.29 is 19.4 Å². The highest BCUT2D eigenvalue weighted by Crippen LogP contribution is 2.44. The largest absolute Gasteiger partial charge is 0.481 e. The maximum absolute atomic E-state index is 12.9. The maximum atomic E-state index is 12.9. The van der Waals surface area contributed by atoms with Gasteiger partial charge in [-0.15, -0.1) is 0 Å². The van der Waals surface area contributed by atoms with Crippen molar-refractivity contribution in [2.45, 2.75) is 37.5 Å². The van der Waals surface area contributed by atoms with Crippen LogP contribution in [0, 0.1) is 5.41 Å². The second kappa shape index (κ2) is 6.55. The molecule has 1 saturated carbocycles. The van der Waals surface area contributed by atoms with Gasteiger partial charge < -0.3 is 14.7 Å². The number of amides is 1. The lowest BCUT2D eigenvalue weighted by Crippen LogP contribution is -2.55. The summed E-state index contributed by atoms with van der Waals surface area (Å²) in [5.74, 6) is -0.654. The Balaban J connectivity index is 1.74. The van der Waals surface area contributed by atoms with Gasteiger partial charge >= 0.3 is 5.97 Å². The van der Waals surface area contributed by atoms with E-state index in [1.807, 2.05) is 35.2 Å². The van der Waals surface area contributed by atoms with Crippen molar-refractivity contribution >= 4 is 11.9 Å². The van der Waals surface area contributed by atoms with Gasteiger partial charge in [0.25, 0.3) is 0 Å². The van der Waals surface area contributed by atoms with Crippen molar-refractivity contribution in [2.75, 3.05) is 26.8 Å². The Kier molecular flexibility index (Phi) is 4.63. The minimum absolute atomic E-state index is 0.141. The molecule has 5 nitrogen and oxygen atoms in total. The Morgan fingerprint density at radius 1 is 1.12 bits per heavy atom. The minimum atomic E-state index is -0.883. The van der Waals surface area contributed by atoms with E-state index in [1.54, 1.807) is 7.11 Å². The van der Waals surface area contributed by atoms with Crippen LogP contribution in [-0.4, -0.2) is 48.7 Å². The molecule has 24 heavy (non-hydrogen) atoms. The number of carbonyl (C=O) groups is 2. The van der Waals surface area contributed by atoms with Crippen molar-refractivity contribution in [2.24, 2.45) is 5.41 Å². The van der Waals surface area contributed by atoms with Crippen molar-refractivity contribution in [3.8, 4) is 0 Å². The van der Waals surface area contributed by atoms with Crippen LogP contribution in [0.2, 0.25) is 0 Å². The summed E-state index contributed by atoms with van der Waals surface area (Å²) in [6.07, 6.45) is 3.73. The number of carboxylic acid groups (broad SMARTS) is 1. The lowest BCUT2D eigenvalue weighted by atomic mass is 9.67. The zero-order chi connectivity index (χ0) is 17.2. The van der Waals surface area contributed by atoms with Gasteiger partial charge in [-0.05, 0) is 31.2 Å². The van der Waals surface area contributed by atoms with E-state index in [0.29, 0.717) is 32.5 Å². The summed E-state index contributed by atoms with van der Waals surface area (Å²) in [6.45, 7) is 1.45. The number of methoxy groups -OCH3 is 1. The van der Waals surface area contributed by atoms with E-state index in [2.05, 4.69) is 0 Å². The summed E-state index contributed by atoms with van der Waals surface area (Å²) in [6, 6.07) is 9.40. The van der Waals surface area contributed by atoms with Crippen LogP contribution in [0.15, 0.2) is 30.3 Å². The highest BCUT2D eigenvalue weighted by Gasteiger charge is 2.49. The van der Waals surface area contributed by atoms with Gasteiger partial charge in [0.05, 0.1) is 17.4 Å². The highest BCUT2D eigenvalue weighted by molar-refractivity contribution is 5.85. The van der Waals surface area contributed by atoms with Crippen LogP contribution in [0.1, 0.15) is 37.7 Å². The maximum Gasteiger partial charge on any atom is 0.314 e. The number of rotatable bonds is 5. The molecule has 0 spiro atoms. The van der Waals surface area contributed by atoms with Gasteiger partial charge in [-0.25, -0.2) is 0 Å². The summed E-state index contributed by atoms with van der Waals surface area (Å²) in [7, 11) is 1.63. The zero-order valence-electron chi connectivity index (χ0n) is 14.2. The van der Waals surface area contributed by atoms with Gasteiger partial charge in [-0.3, -0.25) is 9.59 Å². The quantitative estimate of drug-likeness (QED) is 0.900. The lowest BCUT2D eigenvalue weighted by molar-refractivity contribution is -0.157. The molecule has 0 aromatic heterocycles. The summed E-state index contributed by atoms with van der Waals surface area (Å²) in [4.78, 5) is 26.8. The summed E-state index contributed by atoms with van der Waals surface area (Å²) >= 11 is 0. The fourth-order valence-corrected chi connectivity index (χ4v) is 4.11. The van der Waals surface area contributed by atoms with Crippen LogP contribution in [0.4, 0.5) is 0 Å². The number of likely N-dealkylation sites (tertiary alicyclic amines) is 1. The van der Waals surface area contributed by atoms with Crippen LogP contribution in [-0.2, 0) is 19.7 Å². The smallest absolute Gasteiger partial charge is 0.314 e. The molecule has 0 atom stereocenters. The summed E-state index contributed by atoms with van der Waals surface area (Å²) in [5, 5.41) is 9.85. The number of piperidine rings is 1. The first-order valence-corrected chi connectivity index (χ1v) is 8.61. The molecule has 1 N–H and O–H groups in total. The second-order valence-electron chi connectivity index (χ2n) is 7.11. The molecule has 1 aliphatic carbocycles. The van der Waals surface area contributed by atoms with E-state index >= 15 is 0 Å². The number of ether oxygens (including phenoxy) is 1. The van der Waals surface area contributed by atoms with Gasteiger partial charge in [-0.2, -0.15) is 0 Å². The molecule has 2 fully saturated rings. The molecule has 0 radical (unpaired) electrons. The predicted octanol–water partition coefficient (Wildman–Crippen LogP) is 2.45. The topological polar surface area (TPSA) is 66.8 Å². The number of benzene rings is 1. The normalized spacial score (nSPS) is 21.8. The Labute approximate surface area is 142 Å². The molecular weight excluding hydrogens is 306 g/mol. The van der Waals surface area contributed by atoms with Crippen LogP contribution >= 0.6 is 0 Å². The average molecular weight is 331 g/mol. The number of hydrogen-bond acceptors (Lipinski definition) is 3. The first-order valence-electron chi connectivity index (χ1n) is 8.61. The highest BCUT2D eigenvalue weighted by atomic mass is 16.5. The third kappa shape index (κ3) is 2.71. The molecule has 1 aromatic carbocycles. The summed E-state index contributed by atoms with van der Waals surface area (Å²) < 4.78 is 5.27. The van der Waals surface area contributed by atoms with Crippen molar-refractivity contribution in [1.82, 2.24) is 4.90 Å². The number of nitrogens with zero attached hydrogens (tertiary/aromatic N) is 1. The SMILES string of the molecule is COCC1(C(=O)N2CCC(C(=O)O)(c3ccccc3)CC2)CCC1. The Morgan fingerprint density at radius 3 is 2.21 bits per heavy atom. The van der Waals surface area contributed by atoms with Crippen molar-refractivity contribution in [1.29, 1.82) is 0 Å². The zero-order valence-corrected chi connectivity index (χ0v) is 14.2. The molecular formula is C19H25NO4. The monoisotopic (exact) mass is 331 g/mol. The molecule has 3 rings (SSSR count). The Bertz CT molecular complexity index is 601. The molecule has 130 valence electrons. The predicted molar refractivity (Wildman–Crippen MR) is 89.7 cm³/mol.